The molecule has 4 bridgehead atoms. The van der Waals surface area contributed by atoms with E-state index >= 15 is 0 Å². The van der Waals surface area contributed by atoms with Crippen molar-refractivity contribution in [2.75, 3.05) is 11.9 Å². The summed E-state index contributed by atoms with van der Waals surface area (Å²) < 4.78 is 0. The molecule has 0 heterocycles. The van der Waals surface area contributed by atoms with Gasteiger partial charge in [0.2, 0.25) is 11.8 Å². The predicted octanol–water partition coefficient (Wildman–Crippen LogP) is 5.04. The zero-order chi connectivity index (χ0) is 19.0. The van der Waals surface area contributed by atoms with Gasteiger partial charge in [0.05, 0.1) is 10.7 Å². The molecule has 4 saturated carbocycles. The summed E-state index contributed by atoms with van der Waals surface area (Å²) in [6.07, 6.45) is 8.18. The number of halogens is 2. The summed E-state index contributed by atoms with van der Waals surface area (Å²) in [6, 6.07) is 4.98. The lowest BCUT2D eigenvalue weighted by Crippen LogP contribution is -2.53. The van der Waals surface area contributed by atoms with Crippen LogP contribution >= 0.6 is 23.2 Å². The fourth-order valence-electron chi connectivity index (χ4n) is 5.83. The molecule has 4 aliphatic rings. The Hall–Kier alpha value is -1.26. The largest absolute Gasteiger partial charge is 0.356 e. The Kier molecular flexibility index (Phi) is 5.39. The van der Waals surface area contributed by atoms with E-state index in [1.54, 1.807) is 18.2 Å². The van der Waals surface area contributed by atoms with Crippen molar-refractivity contribution in [1.82, 2.24) is 5.32 Å². The van der Waals surface area contributed by atoms with E-state index < -0.39 is 0 Å². The fraction of sp³-hybridized carbons (Fsp3) is 0.619. The first-order valence-corrected chi connectivity index (χ1v) is 10.7. The molecule has 27 heavy (non-hydrogen) atoms. The number of amides is 2. The number of nitrogens with one attached hydrogen (secondary N) is 2. The Morgan fingerprint density at radius 3 is 2.26 bits per heavy atom. The van der Waals surface area contributed by atoms with Crippen LogP contribution in [0.1, 0.15) is 51.4 Å². The maximum absolute atomic E-state index is 12.9. The molecule has 0 saturated heterocycles. The molecular weight excluding hydrogens is 383 g/mol. The van der Waals surface area contributed by atoms with Crippen molar-refractivity contribution in [2.24, 2.45) is 23.2 Å². The molecule has 0 unspecified atom stereocenters. The predicted molar refractivity (Wildman–Crippen MR) is 108 cm³/mol. The highest BCUT2D eigenvalue weighted by atomic mass is 35.5. The van der Waals surface area contributed by atoms with Crippen LogP contribution in [0.2, 0.25) is 10.0 Å². The quantitative estimate of drug-likeness (QED) is 0.647. The van der Waals surface area contributed by atoms with Crippen LogP contribution in [0.4, 0.5) is 5.69 Å². The second-order valence-electron chi connectivity index (χ2n) is 8.73. The molecule has 0 spiro atoms. The topological polar surface area (TPSA) is 58.2 Å². The lowest BCUT2D eigenvalue weighted by atomic mass is 9.49. The highest BCUT2D eigenvalue weighted by Crippen LogP contribution is 2.60. The molecule has 0 aromatic heterocycles. The van der Waals surface area contributed by atoms with E-state index in [4.69, 9.17) is 23.2 Å². The highest BCUT2D eigenvalue weighted by Gasteiger charge is 2.54. The average Bonchev–Trinajstić information content (AvgIpc) is 2.60. The van der Waals surface area contributed by atoms with E-state index in [2.05, 4.69) is 10.6 Å². The van der Waals surface area contributed by atoms with Crippen LogP contribution in [0.15, 0.2) is 18.2 Å². The molecule has 4 nitrogen and oxygen atoms in total. The third kappa shape index (κ3) is 4.12. The van der Waals surface area contributed by atoms with Gasteiger partial charge in [-0.15, -0.1) is 0 Å². The average molecular weight is 409 g/mol. The van der Waals surface area contributed by atoms with Crippen molar-refractivity contribution >= 4 is 40.7 Å². The molecule has 4 fully saturated rings. The van der Waals surface area contributed by atoms with Gasteiger partial charge in [0.1, 0.15) is 0 Å². The van der Waals surface area contributed by atoms with Crippen LogP contribution in [0.5, 0.6) is 0 Å². The third-order valence-electron chi connectivity index (χ3n) is 6.59. The monoisotopic (exact) mass is 408 g/mol. The van der Waals surface area contributed by atoms with Gasteiger partial charge in [-0.25, -0.2) is 0 Å². The molecule has 2 N–H and O–H groups in total. The Bertz CT molecular complexity index is 714. The maximum Gasteiger partial charge on any atom is 0.226 e. The molecule has 5 rings (SSSR count). The Labute approximate surface area is 170 Å². The number of benzene rings is 1. The van der Waals surface area contributed by atoms with Gasteiger partial charge < -0.3 is 10.6 Å². The summed E-state index contributed by atoms with van der Waals surface area (Å²) in [6.45, 7) is 0.544. The van der Waals surface area contributed by atoms with Gasteiger partial charge in [-0.2, -0.15) is 0 Å². The van der Waals surface area contributed by atoms with Gasteiger partial charge in [-0.3, -0.25) is 9.59 Å². The number of anilines is 1. The van der Waals surface area contributed by atoms with Crippen molar-refractivity contribution in [2.45, 2.75) is 51.4 Å². The smallest absolute Gasteiger partial charge is 0.226 e. The van der Waals surface area contributed by atoms with E-state index in [-0.39, 0.29) is 17.2 Å². The molecule has 6 heteroatoms. The standard InChI is InChI=1S/C21H26Cl2N2O2/c22-16-3-4-18(17(23)9-16)25-19(26)2-1-5-24-20(27)21-10-13-6-14(11-21)8-15(7-13)12-21/h3-4,9,13-15H,1-2,5-8,10-12H2,(H,24,27)(H,25,26). The molecule has 4 aliphatic carbocycles. The van der Waals surface area contributed by atoms with Crippen LogP contribution in [0.25, 0.3) is 0 Å². The molecule has 0 aliphatic heterocycles. The zero-order valence-electron chi connectivity index (χ0n) is 15.4. The van der Waals surface area contributed by atoms with Crippen LogP contribution < -0.4 is 10.6 Å². The fourth-order valence-corrected chi connectivity index (χ4v) is 6.29. The molecule has 1 aromatic carbocycles. The lowest BCUT2D eigenvalue weighted by Gasteiger charge is -2.55. The molecule has 146 valence electrons. The van der Waals surface area contributed by atoms with Crippen LogP contribution in [0, 0.1) is 23.2 Å². The summed E-state index contributed by atoms with van der Waals surface area (Å²) in [7, 11) is 0. The van der Waals surface area contributed by atoms with Gasteiger partial charge in [-0.1, -0.05) is 23.2 Å². The van der Waals surface area contributed by atoms with Crippen molar-refractivity contribution < 1.29 is 9.59 Å². The molecule has 0 radical (unpaired) electrons. The second-order valence-corrected chi connectivity index (χ2v) is 9.57. The third-order valence-corrected chi connectivity index (χ3v) is 7.14. The van der Waals surface area contributed by atoms with Crippen LogP contribution in [-0.4, -0.2) is 18.4 Å². The number of rotatable bonds is 6. The van der Waals surface area contributed by atoms with Gasteiger partial charge >= 0.3 is 0 Å². The summed E-state index contributed by atoms with van der Waals surface area (Å²) in [5.74, 6) is 2.40. The Morgan fingerprint density at radius 2 is 1.67 bits per heavy atom. The normalized spacial score (nSPS) is 31.0. The van der Waals surface area contributed by atoms with Crippen LogP contribution in [-0.2, 0) is 9.59 Å². The van der Waals surface area contributed by atoms with Crippen molar-refractivity contribution in [1.29, 1.82) is 0 Å². The minimum absolute atomic E-state index is 0.108. The minimum Gasteiger partial charge on any atom is -0.356 e. The zero-order valence-corrected chi connectivity index (χ0v) is 16.9. The Balaban J connectivity index is 1.22. The second kappa shape index (κ2) is 7.63. The van der Waals surface area contributed by atoms with Gasteiger partial charge in [0.15, 0.2) is 0 Å². The number of hydrogen-bond acceptors (Lipinski definition) is 2. The highest BCUT2D eigenvalue weighted by molar-refractivity contribution is 6.36. The molecule has 1 aromatic rings. The van der Waals surface area contributed by atoms with E-state index in [1.807, 2.05) is 0 Å². The number of carbonyl (C=O) groups excluding carboxylic acids is 2. The van der Waals surface area contributed by atoms with Gasteiger partial charge in [-0.05, 0) is 80.9 Å². The minimum atomic E-state index is -0.117. The van der Waals surface area contributed by atoms with E-state index in [0.717, 1.165) is 37.0 Å². The molecule has 2 amide bonds. The van der Waals surface area contributed by atoms with E-state index in [0.29, 0.717) is 35.1 Å². The molecule has 0 atom stereocenters. The summed E-state index contributed by atoms with van der Waals surface area (Å²) in [5.41, 5.74) is 0.442. The van der Waals surface area contributed by atoms with Gasteiger partial charge in [0.25, 0.3) is 0 Å². The number of hydrogen-bond donors (Lipinski definition) is 2. The summed E-state index contributed by atoms with van der Waals surface area (Å²) >= 11 is 11.9. The first-order chi connectivity index (χ1) is 12.9. The number of carbonyl (C=O) groups is 2. The van der Waals surface area contributed by atoms with Gasteiger partial charge in [0, 0.05) is 23.4 Å². The van der Waals surface area contributed by atoms with Crippen molar-refractivity contribution in [3.63, 3.8) is 0 Å². The first-order valence-electron chi connectivity index (χ1n) is 9.97. The van der Waals surface area contributed by atoms with E-state index in [1.165, 1.54) is 19.3 Å². The van der Waals surface area contributed by atoms with Crippen molar-refractivity contribution in [3.8, 4) is 0 Å². The summed E-state index contributed by atoms with van der Waals surface area (Å²) in [5, 5.41) is 6.86. The maximum atomic E-state index is 12.9. The first kappa shape index (κ1) is 19.1. The van der Waals surface area contributed by atoms with E-state index in [9.17, 15) is 9.59 Å². The molecular formula is C21H26Cl2N2O2. The van der Waals surface area contributed by atoms with Crippen LogP contribution in [0.3, 0.4) is 0 Å². The SMILES string of the molecule is O=C(CCCNC(=O)C12CC3CC(CC(C3)C1)C2)Nc1ccc(Cl)cc1Cl. The lowest BCUT2D eigenvalue weighted by molar-refractivity contribution is -0.146. The van der Waals surface area contributed by atoms with Crippen molar-refractivity contribution in [3.05, 3.63) is 28.2 Å². The summed E-state index contributed by atoms with van der Waals surface area (Å²) in [4.78, 5) is 25.0. The Morgan fingerprint density at radius 1 is 1.04 bits per heavy atom.